The third-order valence-electron chi connectivity index (χ3n) is 3.77. The molecule has 6 heteroatoms. The molecule has 0 aliphatic rings. The number of carboxylic acid groups (broad SMARTS) is 2. The lowest BCUT2D eigenvalue weighted by Gasteiger charge is -2.17. The van der Waals surface area contributed by atoms with Crippen LogP contribution < -0.4 is 5.32 Å². The van der Waals surface area contributed by atoms with Crippen LogP contribution in [0.5, 0.6) is 0 Å². The van der Waals surface area contributed by atoms with Gasteiger partial charge in [-0.2, -0.15) is 0 Å². The summed E-state index contributed by atoms with van der Waals surface area (Å²) in [6.07, 6.45) is -0.155. The highest BCUT2D eigenvalue weighted by Crippen LogP contribution is 2.26. The van der Waals surface area contributed by atoms with Crippen molar-refractivity contribution < 1.29 is 24.6 Å². The molecule has 0 bridgehead atoms. The summed E-state index contributed by atoms with van der Waals surface area (Å²) in [4.78, 5) is 33.9. The summed E-state index contributed by atoms with van der Waals surface area (Å²) in [6.45, 7) is -0.532. The van der Waals surface area contributed by atoms with E-state index in [4.69, 9.17) is 10.2 Å². The molecule has 2 aromatic carbocycles. The minimum Gasteiger partial charge on any atom is -0.481 e. The Hall–Kier alpha value is -3.15. The van der Waals surface area contributed by atoms with Crippen LogP contribution in [0.25, 0.3) is 11.1 Å². The Labute approximate surface area is 145 Å². The van der Waals surface area contributed by atoms with Gasteiger partial charge in [-0.25, -0.2) is 0 Å². The van der Waals surface area contributed by atoms with Crippen molar-refractivity contribution in [3.05, 3.63) is 60.2 Å². The fourth-order valence-corrected chi connectivity index (χ4v) is 2.64. The van der Waals surface area contributed by atoms with Crippen LogP contribution in [0.3, 0.4) is 0 Å². The van der Waals surface area contributed by atoms with Crippen LogP contribution in [0.1, 0.15) is 12.0 Å². The van der Waals surface area contributed by atoms with E-state index in [1.165, 1.54) is 0 Å². The van der Waals surface area contributed by atoms with Crippen molar-refractivity contribution >= 4 is 17.8 Å². The van der Waals surface area contributed by atoms with Gasteiger partial charge in [0.05, 0.1) is 12.3 Å². The monoisotopic (exact) mass is 341 g/mol. The molecule has 0 saturated heterocycles. The molecule has 2 aromatic rings. The van der Waals surface area contributed by atoms with E-state index >= 15 is 0 Å². The molecule has 6 nitrogen and oxygen atoms in total. The van der Waals surface area contributed by atoms with Crippen LogP contribution in [0.2, 0.25) is 0 Å². The number of nitrogens with one attached hydrogen (secondary N) is 1. The Morgan fingerprint density at radius 1 is 0.880 bits per heavy atom. The number of carbonyl (C=O) groups is 3. The molecule has 0 unspecified atom stereocenters. The van der Waals surface area contributed by atoms with E-state index in [9.17, 15) is 14.4 Å². The van der Waals surface area contributed by atoms with Crippen molar-refractivity contribution in [1.82, 2.24) is 5.32 Å². The molecule has 0 spiro atoms. The number of hydrogen-bond acceptors (Lipinski definition) is 3. The first-order valence-electron chi connectivity index (χ1n) is 7.82. The first kappa shape index (κ1) is 18.2. The van der Waals surface area contributed by atoms with Gasteiger partial charge in [-0.05, 0) is 23.1 Å². The molecular formula is C19H19NO5. The summed E-state index contributed by atoms with van der Waals surface area (Å²) < 4.78 is 0. The Morgan fingerprint density at radius 3 is 2.16 bits per heavy atom. The number of amides is 1. The SMILES string of the molecule is O=C(O)CNC(=O)[C@@H](CC(=O)O)Cc1ccccc1-c1ccccc1. The molecule has 0 aromatic heterocycles. The van der Waals surface area contributed by atoms with Crippen LogP contribution in [-0.4, -0.2) is 34.6 Å². The second-order valence-corrected chi connectivity index (χ2v) is 5.63. The maximum atomic E-state index is 12.2. The average Bonchev–Trinajstić information content (AvgIpc) is 2.60. The maximum absolute atomic E-state index is 12.2. The Kier molecular flexibility index (Phi) is 6.28. The highest BCUT2D eigenvalue weighted by molar-refractivity contribution is 5.86. The molecule has 0 heterocycles. The van der Waals surface area contributed by atoms with Crippen LogP contribution in [-0.2, 0) is 20.8 Å². The van der Waals surface area contributed by atoms with E-state index in [1.54, 1.807) is 0 Å². The summed E-state index contributed by atoms with van der Waals surface area (Å²) in [5, 5.41) is 20.0. The highest BCUT2D eigenvalue weighted by Gasteiger charge is 2.23. The largest absolute Gasteiger partial charge is 0.481 e. The Morgan fingerprint density at radius 2 is 1.52 bits per heavy atom. The molecule has 0 aliphatic carbocycles. The fourth-order valence-electron chi connectivity index (χ4n) is 2.64. The van der Waals surface area contributed by atoms with Crippen molar-refractivity contribution in [1.29, 1.82) is 0 Å². The van der Waals surface area contributed by atoms with Crippen LogP contribution >= 0.6 is 0 Å². The molecule has 0 fully saturated rings. The fraction of sp³-hybridized carbons (Fsp3) is 0.211. The zero-order chi connectivity index (χ0) is 18.2. The quantitative estimate of drug-likeness (QED) is 0.683. The van der Waals surface area contributed by atoms with E-state index in [0.29, 0.717) is 0 Å². The second-order valence-electron chi connectivity index (χ2n) is 5.63. The van der Waals surface area contributed by atoms with Crippen molar-refractivity contribution in [3.63, 3.8) is 0 Å². The van der Waals surface area contributed by atoms with E-state index in [-0.39, 0.29) is 12.8 Å². The standard InChI is InChI=1S/C19H19NO5/c21-17(22)11-15(19(25)20-12-18(23)24)10-14-8-4-5-9-16(14)13-6-2-1-3-7-13/h1-9,15H,10-12H2,(H,20,25)(H,21,22)(H,23,24)/t15-/m1/s1. The molecule has 0 aliphatic heterocycles. The first-order chi connectivity index (χ1) is 12.0. The third-order valence-corrected chi connectivity index (χ3v) is 3.77. The van der Waals surface area contributed by atoms with Crippen LogP contribution in [0.15, 0.2) is 54.6 Å². The summed E-state index contributed by atoms with van der Waals surface area (Å²) in [7, 11) is 0. The highest BCUT2D eigenvalue weighted by atomic mass is 16.4. The second kappa shape index (κ2) is 8.63. The predicted octanol–water partition coefficient (Wildman–Crippen LogP) is 2.19. The first-order valence-corrected chi connectivity index (χ1v) is 7.82. The van der Waals surface area contributed by atoms with Crippen LogP contribution in [0, 0.1) is 5.92 Å². The lowest BCUT2D eigenvalue weighted by molar-refractivity contribution is -0.141. The molecule has 1 amide bonds. The Balaban J connectivity index is 2.25. The van der Waals surface area contributed by atoms with Gasteiger partial charge in [0.15, 0.2) is 0 Å². The molecule has 2 rings (SSSR count). The maximum Gasteiger partial charge on any atom is 0.322 e. The summed E-state index contributed by atoms with van der Waals surface area (Å²) >= 11 is 0. The number of hydrogen-bond donors (Lipinski definition) is 3. The van der Waals surface area contributed by atoms with Gasteiger partial charge in [0.1, 0.15) is 6.54 Å². The smallest absolute Gasteiger partial charge is 0.322 e. The van der Waals surface area contributed by atoms with Gasteiger partial charge in [0.2, 0.25) is 5.91 Å². The number of carbonyl (C=O) groups excluding carboxylic acids is 1. The van der Waals surface area contributed by atoms with E-state index in [2.05, 4.69) is 5.32 Å². The molecule has 25 heavy (non-hydrogen) atoms. The van der Waals surface area contributed by atoms with E-state index in [1.807, 2.05) is 54.6 Å². The van der Waals surface area contributed by atoms with Gasteiger partial charge >= 0.3 is 11.9 Å². The Bertz CT molecular complexity index is 757. The lowest BCUT2D eigenvalue weighted by atomic mass is 9.90. The van der Waals surface area contributed by atoms with Crippen molar-refractivity contribution in [2.24, 2.45) is 5.92 Å². The lowest BCUT2D eigenvalue weighted by Crippen LogP contribution is -2.36. The van der Waals surface area contributed by atoms with E-state index < -0.39 is 30.3 Å². The van der Waals surface area contributed by atoms with Gasteiger partial charge in [0.25, 0.3) is 0 Å². The molecule has 0 radical (unpaired) electrons. The summed E-state index contributed by atoms with van der Waals surface area (Å²) in [6, 6.07) is 17.1. The molecule has 130 valence electrons. The van der Waals surface area contributed by atoms with Crippen molar-refractivity contribution in [2.75, 3.05) is 6.54 Å². The number of aliphatic carboxylic acids is 2. The number of rotatable bonds is 8. The molecule has 1 atom stereocenters. The predicted molar refractivity (Wildman–Crippen MR) is 92.0 cm³/mol. The van der Waals surface area contributed by atoms with Crippen molar-refractivity contribution in [2.45, 2.75) is 12.8 Å². The van der Waals surface area contributed by atoms with E-state index in [0.717, 1.165) is 16.7 Å². The summed E-state index contributed by atoms with van der Waals surface area (Å²) in [5.41, 5.74) is 2.73. The number of benzene rings is 2. The average molecular weight is 341 g/mol. The molecule has 3 N–H and O–H groups in total. The van der Waals surface area contributed by atoms with Crippen molar-refractivity contribution in [3.8, 4) is 11.1 Å². The topological polar surface area (TPSA) is 104 Å². The third kappa shape index (κ3) is 5.46. The van der Waals surface area contributed by atoms with Crippen LogP contribution in [0.4, 0.5) is 0 Å². The zero-order valence-corrected chi connectivity index (χ0v) is 13.5. The molecular weight excluding hydrogens is 322 g/mol. The minimum atomic E-state index is -1.17. The zero-order valence-electron chi connectivity index (χ0n) is 13.5. The normalized spacial score (nSPS) is 11.5. The van der Waals surface area contributed by atoms with Gasteiger partial charge in [-0.15, -0.1) is 0 Å². The van der Waals surface area contributed by atoms with Gasteiger partial charge in [0, 0.05) is 0 Å². The van der Waals surface area contributed by atoms with Gasteiger partial charge in [-0.3, -0.25) is 14.4 Å². The molecule has 0 saturated carbocycles. The van der Waals surface area contributed by atoms with Gasteiger partial charge < -0.3 is 15.5 Å². The van der Waals surface area contributed by atoms with Gasteiger partial charge in [-0.1, -0.05) is 54.6 Å². The minimum absolute atomic E-state index is 0.211. The summed E-state index contributed by atoms with van der Waals surface area (Å²) in [5.74, 6) is -3.70. The number of carboxylic acids is 2.